The van der Waals surface area contributed by atoms with Gasteiger partial charge in [-0.3, -0.25) is 4.79 Å². The number of para-hydroxylation sites is 1. The number of rotatable bonds is 7. The quantitative estimate of drug-likeness (QED) is 0.722. The molecular weight excluding hydrogens is 280 g/mol. The van der Waals surface area contributed by atoms with Gasteiger partial charge in [-0.15, -0.1) is 0 Å². The zero-order chi connectivity index (χ0) is 15.2. The molecule has 6 heteroatoms. The first-order valence-corrected chi connectivity index (χ1v) is 8.07. The van der Waals surface area contributed by atoms with Crippen molar-refractivity contribution in [3.8, 4) is 5.75 Å². The summed E-state index contributed by atoms with van der Waals surface area (Å²) in [6, 6.07) is 6.28. The van der Waals surface area contributed by atoms with Gasteiger partial charge in [0.05, 0.1) is 13.7 Å². The first kappa shape index (κ1) is 16.5. The molecule has 0 spiro atoms. The highest BCUT2D eigenvalue weighted by molar-refractivity contribution is 7.92. The zero-order valence-electron chi connectivity index (χ0n) is 12.0. The number of methoxy groups -OCH3 is 1. The number of benzene rings is 1. The fourth-order valence-corrected chi connectivity index (χ4v) is 3.78. The van der Waals surface area contributed by atoms with E-state index in [-0.39, 0.29) is 23.7 Å². The van der Waals surface area contributed by atoms with E-state index in [0.717, 1.165) is 0 Å². The highest BCUT2D eigenvalue weighted by Crippen LogP contribution is 2.28. The summed E-state index contributed by atoms with van der Waals surface area (Å²) in [5.41, 5.74) is 0. The number of hydrogen-bond acceptors (Lipinski definition) is 5. The second kappa shape index (κ2) is 7.28. The van der Waals surface area contributed by atoms with E-state index in [1.807, 2.05) is 6.92 Å². The Morgan fingerprint density at radius 1 is 1.25 bits per heavy atom. The van der Waals surface area contributed by atoms with Gasteiger partial charge in [-0.1, -0.05) is 25.5 Å². The Balaban J connectivity index is 3.26. The van der Waals surface area contributed by atoms with Crippen LogP contribution in [0.15, 0.2) is 29.2 Å². The van der Waals surface area contributed by atoms with Crippen LogP contribution in [0.2, 0.25) is 0 Å². The van der Waals surface area contributed by atoms with Gasteiger partial charge in [-0.05, 0) is 25.5 Å². The summed E-state index contributed by atoms with van der Waals surface area (Å²) in [6.07, 6.45) is 0.789. The Bertz CT molecular complexity index is 550. The van der Waals surface area contributed by atoms with Crippen LogP contribution in [-0.2, 0) is 19.4 Å². The molecule has 1 rings (SSSR count). The third-order valence-electron chi connectivity index (χ3n) is 2.85. The van der Waals surface area contributed by atoms with Gasteiger partial charge in [0.15, 0.2) is 15.1 Å². The smallest absolute Gasteiger partial charge is 0.324 e. The second-order valence-electron chi connectivity index (χ2n) is 4.23. The molecule has 20 heavy (non-hydrogen) atoms. The van der Waals surface area contributed by atoms with E-state index >= 15 is 0 Å². The number of sulfone groups is 1. The maximum atomic E-state index is 12.6. The van der Waals surface area contributed by atoms with Crippen molar-refractivity contribution in [3.63, 3.8) is 0 Å². The summed E-state index contributed by atoms with van der Waals surface area (Å²) in [5.74, 6) is -0.474. The van der Waals surface area contributed by atoms with Crippen molar-refractivity contribution in [3.05, 3.63) is 24.3 Å². The molecule has 0 aromatic heterocycles. The van der Waals surface area contributed by atoms with E-state index in [4.69, 9.17) is 9.47 Å². The first-order valence-electron chi connectivity index (χ1n) is 6.52. The predicted octanol–water partition coefficient (Wildman–Crippen LogP) is 2.20. The Hall–Kier alpha value is -1.56. The number of carbonyl (C=O) groups is 1. The first-order chi connectivity index (χ1) is 9.48. The normalized spacial score (nSPS) is 12.8. The van der Waals surface area contributed by atoms with Crippen molar-refractivity contribution < 1.29 is 22.7 Å². The van der Waals surface area contributed by atoms with Gasteiger partial charge in [0.25, 0.3) is 0 Å². The van der Waals surface area contributed by atoms with Crippen LogP contribution in [-0.4, -0.2) is 33.4 Å². The van der Waals surface area contributed by atoms with Gasteiger partial charge in [0.1, 0.15) is 10.6 Å². The van der Waals surface area contributed by atoms with Crippen molar-refractivity contribution in [1.82, 2.24) is 0 Å². The number of carbonyl (C=O) groups excluding carboxylic acids is 1. The van der Waals surface area contributed by atoms with Crippen molar-refractivity contribution >= 4 is 15.8 Å². The largest absolute Gasteiger partial charge is 0.495 e. The van der Waals surface area contributed by atoms with E-state index in [1.54, 1.807) is 25.1 Å². The molecule has 1 aromatic carbocycles. The number of esters is 1. The molecule has 0 amide bonds. The Morgan fingerprint density at radius 2 is 1.90 bits per heavy atom. The minimum Gasteiger partial charge on any atom is -0.495 e. The van der Waals surface area contributed by atoms with Crippen LogP contribution in [0.1, 0.15) is 26.7 Å². The van der Waals surface area contributed by atoms with Gasteiger partial charge in [-0.2, -0.15) is 0 Å². The molecule has 0 saturated heterocycles. The monoisotopic (exact) mass is 300 g/mol. The SMILES string of the molecule is CCCC(C(=O)OCC)S(=O)(=O)c1ccccc1OC. The van der Waals surface area contributed by atoms with Crippen LogP contribution < -0.4 is 4.74 Å². The lowest BCUT2D eigenvalue weighted by molar-refractivity contribution is -0.142. The molecule has 0 aliphatic heterocycles. The van der Waals surface area contributed by atoms with Gasteiger partial charge in [0, 0.05) is 0 Å². The lowest BCUT2D eigenvalue weighted by atomic mass is 10.2. The Morgan fingerprint density at radius 3 is 2.45 bits per heavy atom. The van der Waals surface area contributed by atoms with Crippen LogP contribution in [0.5, 0.6) is 5.75 Å². The van der Waals surface area contributed by atoms with E-state index in [9.17, 15) is 13.2 Å². The lowest BCUT2D eigenvalue weighted by Gasteiger charge is -2.17. The average molecular weight is 300 g/mol. The van der Waals surface area contributed by atoms with Crippen LogP contribution >= 0.6 is 0 Å². The summed E-state index contributed by atoms with van der Waals surface area (Å²) < 4.78 is 35.2. The number of hydrogen-bond donors (Lipinski definition) is 0. The van der Waals surface area contributed by atoms with Gasteiger partial charge in [0.2, 0.25) is 0 Å². The summed E-state index contributed by atoms with van der Waals surface area (Å²) in [7, 11) is -2.43. The standard InChI is InChI=1S/C14H20O5S/c1-4-8-13(14(15)19-5-2)20(16,17)12-10-7-6-9-11(12)18-3/h6-7,9-10,13H,4-5,8H2,1-3H3. The molecule has 0 heterocycles. The minimum absolute atomic E-state index is 0.0222. The number of ether oxygens (including phenoxy) is 2. The molecule has 1 aromatic rings. The molecule has 0 bridgehead atoms. The van der Waals surface area contributed by atoms with Gasteiger partial charge >= 0.3 is 5.97 Å². The maximum Gasteiger partial charge on any atom is 0.324 e. The molecule has 112 valence electrons. The van der Waals surface area contributed by atoms with Crippen LogP contribution in [0.25, 0.3) is 0 Å². The predicted molar refractivity (Wildman–Crippen MR) is 75.5 cm³/mol. The third kappa shape index (κ3) is 3.50. The van der Waals surface area contributed by atoms with E-state index in [1.165, 1.54) is 13.2 Å². The molecule has 0 saturated carbocycles. The molecule has 5 nitrogen and oxygen atoms in total. The van der Waals surface area contributed by atoms with E-state index in [0.29, 0.717) is 6.42 Å². The van der Waals surface area contributed by atoms with Gasteiger partial charge in [-0.25, -0.2) is 8.42 Å². The minimum atomic E-state index is -3.83. The zero-order valence-corrected chi connectivity index (χ0v) is 12.8. The highest BCUT2D eigenvalue weighted by atomic mass is 32.2. The van der Waals surface area contributed by atoms with Crippen LogP contribution in [0.4, 0.5) is 0 Å². The van der Waals surface area contributed by atoms with Crippen LogP contribution in [0, 0.1) is 0 Å². The molecule has 0 N–H and O–H groups in total. The summed E-state index contributed by atoms with van der Waals surface area (Å²) in [6.45, 7) is 3.63. The molecule has 0 aliphatic carbocycles. The van der Waals surface area contributed by atoms with Crippen molar-refractivity contribution in [2.24, 2.45) is 0 Å². The second-order valence-corrected chi connectivity index (χ2v) is 6.32. The average Bonchev–Trinajstić information content (AvgIpc) is 2.44. The molecule has 0 aliphatic rings. The fraction of sp³-hybridized carbons (Fsp3) is 0.500. The summed E-state index contributed by atoms with van der Waals surface area (Å²) in [4.78, 5) is 11.9. The van der Waals surface area contributed by atoms with Crippen molar-refractivity contribution in [2.75, 3.05) is 13.7 Å². The lowest BCUT2D eigenvalue weighted by Crippen LogP contribution is -2.32. The van der Waals surface area contributed by atoms with E-state index < -0.39 is 21.1 Å². The third-order valence-corrected chi connectivity index (χ3v) is 4.98. The molecule has 1 unspecified atom stereocenters. The van der Waals surface area contributed by atoms with Crippen molar-refractivity contribution in [1.29, 1.82) is 0 Å². The molecule has 0 fully saturated rings. The molecular formula is C14H20O5S. The van der Waals surface area contributed by atoms with E-state index in [2.05, 4.69) is 0 Å². The molecule has 0 radical (unpaired) electrons. The molecule has 1 atom stereocenters. The summed E-state index contributed by atoms with van der Waals surface area (Å²) >= 11 is 0. The van der Waals surface area contributed by atoms with Crippen LogP contribution in [0.3, 0.4) is 0 Å². The fourth-order valence-electron chi connectivity index (χ4n) is 1.90. The Kier molecular flexibility index (Phi) is 6.01. The summed E-state index contributed by atoms with van der Waals surface area (Å²) in [5, 5.41) is -1.19. The Labute approximate surface area is 119 Å². The topological polar surface area (TPSA) is 69.7 Å². The van der Waals surface area contributed by atoms with Gasteiger partial charge < -0.3 is 9.47 Å². The van der Waals surface area contributed by atoms with Crippen molar-refractivity contribution in [2.45, 2.75) is 36.8 Å². The maximum absolute atomic E-state index is 12.6. The highest BCUT2D eigenvalue weighted by Gasteiger charge is 2.36.